The fourth-order valence-corrected chi connectivity index (χ4v) is 9.01. The van der Waals surface area contributed by atoms with Gasteiger partial charge in [-0.25, -0.2) is 9.13 Å². The molecule has 0 heterocycles. The number of ether oxygens (including phenoxy) is 2. The molecule has 5 unspecified atom stereocenters. The highest BCUT2D eigenvalue weighted by Crippen LogP contribution is 2.49. The summed E-state index contributed by atoms with van der Waals surface area (Å²) in [5.74, 6) is -1.39. The SMILES string of the molecule is CC/C=C\C[C@@H](O)/C=C/C=C\C/C=C\C=C\[C@@H](O)/C=C\CCCC(=O)OC[C@H](COP(=O)(O)O[C@H]1C(O)C(O)C(O)[C@@H](OP(=O)(O)O)C1O)OC(=O)CCCCCCCCCCCCCCCCCCC. The molecule has 410 valence electrons. The van der Waals surface area contributed by atoms with Gasteiger partial charge in [-0.15, -0.1) is 0 Å². The van der Waals surface area contributed by atoms with Gasteiger partial charge in [0.05, 0.1) is 18.8 Å². The molecule has 0 amide bonds. The van der Waals surface area contributed by atoms with Crippen molar-refractivity contribution in [2.24, 2.45) is 0 Å². The standard InChI is InChI=1S/C51H88O18P2/c1-3-5-7-8-9-10-11-12-13-14-15-16-17-18-22-25-31-38-45(55)67-43(40-66-71(63,64)69-51-48(58)46(56)47(57)50(49(51)59)68-70(60,61)62)39-65-44(54)37-32-26-30-36-42(53)35-29-24-21-19-20-23-28-34-41(52)33-27-6-4-2/h6,20-21,23-24,27-30,34-36,41-43,46-53,56-59H,3-5,7-19,22,25-26,31-33,37-40H2,1-2H3,(H,63,64)(H2,60,61,62)/b23-20-,24-21-,27-6-,34-28+,35-29+,36-30-/t41-,42-,43-,46?,47?,48?,49?,50-,51+/m1/s1. The van der Waals surface area contributed by atoms with Gasteiger partial charge in [-0.2, -0.15) is 0 Å². The lowest BCUT2D eigenvalue weighted by Crippen LogP contribution is -2.64. The summed E-state index contributed by atoms with van der Waals surface area (Å²) in [6.45, 7) is 2.78. The van der Waals surface area contributed by atoms with Crippen LogP contribution in [0.5, 0.6) is 0 Å². The van der Waals surface area contributed by atoms with E-state index in [4.69, 9.17) is 18.5 Å². The number of allylic oxidation sites excluding steroid dienone is 8. The number of carbonyl (C=O) groups is 2. The second-order valence-corrected chi connectivity index (χ2v) is 20.5. The third-order valence-electron chi connectivity index (χ3n) is 11.5. The van der Waals surface area contributed by atoms with E-state index in [-0.39, 0.29) is 12.8 Å². The molecule has 1 saturated carbocycles. The monoisotopic (exact) mass is 1050 g/mol. The normalized spacial score (nSPS) is 22.4. The van der Waals surface area contributed by atoms with Crippen molar-refractivity contribution in [3.63, 3.8) is 0 Å². The number of phosphoric ester groups is 2. The van der Waals surface area contributed by atoms with Crippen molar-refractivity contribution in [1.82, 2.24) is 0 Å². The van der Waals surface area contributed by atoms with Crippen molar-refractivity contribution in [3.8, 4) is 0 Å². The molecule has 0 spiro atoms. The first kappa shape index (κ1) is 66.4. The van der Waals surface area contributed by atoms with Crippen molar-refractivity contribution in [2.45, 2.75) is 223 Å². The topological polar surface area (TPSA) is 296 Å². The lowest BCUT2D eigenvalue weighted by molar-refractivity contribution is -0.216. The summed E-state index contributed by atoms with van der Waals surface area (Å²) in [6, 6.07) is 0. The first-order valence-electron chi connectivity index (χ1n) is 25.7. The van der Waals surface area contributed by atoms with E-state index < -0.39 is 95.7 Å². The number of aliphatic hydroxyl groups is 6. The minimum Gasteiger partial charge on any atom is -0.462 e. The van der Waals surface area contributed by atoms with E-state index in [0.29, 0.717) is 32.1 Å². The van der Waals surface area contributed by atoms with Crippen molar-refractivity contribution in [2.75, 3.05) is 13.2 Å². The van der Waals surface area contributed by atoms with Crippen LogP contribution in [-0.4, -0.2) is 125 Å². The van der Waals surface area contributed by atoms with Crippen LogP contribution in [0.3, 0.4) is 0 Å². The predicted molar refractivity (Wildman–Crippen MR) is 271 cm³/mol. The summed E-state index contributed by atoms with van der Waals surface area (Å²) in [7, 11) is -10.8. The molecule has 0 radical (unpaired) electrons. The van der Waals surface area contributed by atoms with Gasteiger partial charge in [-0.05, 0) is 38.5 Å². The van der Waals surface area contributed by atoms with E-state index in [2.05, 4.69) is 11.4 Å². The molecule has 9 N–H and O–H groups in total. The quantitative estimate of drug-likeness (QED) is 0.00912. The van der Waals surface area contributed by atoms with E-state index in [9.17, 15) is 64.0 Å². The van der Waals surface area contributed by atoms with Crippen LogP contribution in [0.25, 0.3) is 0 Å². The van der Waals surface area contributed by atoms with Crippen molar-refractivity contribution in [3.05, 3.63) is 72.9 Å². The van der Waals surface area contributed by atoms with Crippen molar-refractivity contribution < 1.29 is 87.1 Å². The third kappa shape index (κ3) is 35.2. The van der Waals surface area contributed by atoms with Crippen LogP contribution in [0.1, 0.15) is 168 Å². The van der Waals surface area contributed by atoms with Gasteiger partial charge in [-0.3, -0.25) is 23.2 Å². The molecule has 20 heteroatoms. The Labute approximate surface area is 422 Å². The Bertz CT molecular complexity index is 1680. The first-order valence-corrected chi connectivity index (χ1v) is 28.7. The highest BCUT2D eigenvalue weighted by Gasteiger charge is 2.54. The Morgan fingerprint density at radius 1 is 0.549 bits per heavy atom. The molecule has 0 aromatic rings. The largest absolute Gasteiger partial charge is 0.472 e. The van der Waals surface area contributed by atoms with Gasteiger partial charge in [0.15, 0.2) is 6.10 Å². The summed E-state index contributed by atoms with van der Waals surface area (Å²) in [4.78, 5) is 54.4. The summed E-state index contributed by atoms with van der Waals surface area (Å²) in [5, 5.41) is 61.4. The summed E-state index contributed by atoms with van der Waals surface area (Å²) in [5.41, 5.74) is 0. The molecule has 71 heavy (non-hydrogen) atoms. The maximum absolute atomic E-state index is 13.0. The number of unbranched alkanes of at least 4 members (excludes halogenated alkanes) is 17. The summed E-state index contributed by atoms with van der Waals surface area (Å²) in [6.07, 6.45) is 27.7. The molecule has 1 aliphatic carbocycles. The van der Waals surface area contributed by atoms with E-state index >= 15 is 0 Å². The number of carbonyl (C=O) groups excluding carboxylic acids is 2. The highest BCUT2D eigenvalue weighted by atomic mass is 31.2. The number of hydrogen-bond acceptors (Lipinski definition) is 15. The smallest absolute Gasteiger partial charge is 0.462 e. The number of phosphoric acid groups is 2. The molecule has 0 bridgehead atoms. The van der Waals surface area contributed by atoms with Crippen LogP contribution in [0.4, 0.5) is 0 Å². The van der Waals surface area contributed by atoms with Gasteiger partial charge in [0.1, 0.15) is 43.2 Å². The minimum atomic E-state index is -5.39. The van der Waals surface area contributed by atoms with Gasteiger partial charge in [-0.1, -0.05) is 189 Å². The molecule has 0 aromatic heterocycles. The molecular formula is C51H88O18P2. The lowest BCUT2D eigenvalue weighted by Gasteiger charge is -2.43. The number of esters is 2. The Hall–Kier alpha value is -2.64. The van der Waals surface area contributed by atoms with Gasteiger partial charge >= 0.3 is 27.6 Å². The van der Waals surface area contributed by atoms with Crippen LogP contribution in [0.15, 0.2) is 72.9 Å². The Balaban J connectivity index is 2.65. The summed E-state index contributed by atoms with van der Waals surface area (Å²) < 4.78 is 49.3. The highest BCUT2D eigenvalue weighted by molar-refractivity contribution is 7.47. The zero-order valence-electron chi connectivity index (χ0n) is 42.1. The van der Waals surface area contributed by atoms with Crippen molar-refractivity contribution >= 4 is 27.6 Å². The molecule has 1 aliphatic rings. The van der Waals surface area contributed by atoms with Gasteiger partial charge < -0.3 is 54.8 Å². The second-order valence-electron chi connectivity index (χ2n) is 17.9. The number of rotatable bonds is 42. The number of hydrogen-bond donors (Lipinski definition) is 9. The maximum atomic E-state index is 13.0. The second kappa shape index (κ2) is 40.7. The maximum Gasteiger partial charge on any atom is 0.472 e. The molecule has 0 aromatic carbocycles. The van der Waals surface area contributed by atoms with E-state index in [0.717, 1.165) is 32.1 Å². The molecular weight excluding hydrogens is 962 g/mol. The molecule has 0 saturated heterocycles. The predicted octanol–water partition coefficient (Wildman–Crippen LogP) is 8.34. The van der Waals surface area contributed by atoms with E-state index in [1.54, 1.807) is 42.5 Å². The minimum absolute atomic E-state index is 0.00103. The molecule has 10 atom stereocenters. The third-order valence-corrected chi connectivity index (χ3v) is 13.0. The average molecular weight is 1050 g/mol. The van der Waals surface area contributed by atoms with Gasteiger partial charge in [0.2, 0.25) is 0 Å². The van der Waals surface area contributed by atoms with E-state index in [1.807, 2.05) is 37.3 Å². The van der Waals surface area contributed by atoms with Crippen LogP contribution in [0.2, 0.25) is 0 Å². The van der Waals surface area contributed by atoms with E-state index in [1.165, 1.54) is 77.0 Å². The van der Waals surface area contributed by atoms with Crippen molar-refractivity contribution in [1.29, 1.82) is 0 Å². The lowest BCUT2D eigenvalue weighted by atomic mass is 9.85. The van der Waals surface area contributed by atoms with Gasteiger partial charge in [0.25, 0.3) is 0 Å². The summed E-state index contributed by atoms with van der Waals surface area (Å²) >= 11 is 0. The number of aliphatic hydroxyl groups excluding tert-OH is 6. The molecule has 0 aliphatic heterocycles. The first-order chi connectivity index (χ1) is 33.9. The average Bonchev–Trinajstić information content (AvgIpc) is 3.32. The Kier molecular flexibility index (Phi) is 38.1. The molecule has 1 fully saturated rings. The Morgan fingerprint density at radius 2 is 1.07 bits per heavy atom. The fourth-order valence-electron chi connectivity index (χ4n) is 7.47. The molecule has 1 rings (SSSR count). The fraction of sp³-hybridized carbons (Fsp3) is 0.725. The molecule has 18 nitrogen and oxygen atoms in total. The zero-order chi connectivity index (χ0) is 52.8. The van der Waals surface area contributed by atoms with Crippen LogP contribution < -0.4 is 0 Å². The Morgan fingerprint density at radius 3 is 1.62 bits per heavy atom. The van der Waals surface area contributed by atoms with Crippen LogP contribution in [-0.2, 0) is 41.8 Å². The van der Waals surface area contributed by atoms with Crippen LogP contribution >= 0.6 is 15.6 Å². The van der Waals surface area contributed by atoms with Gasteiger partial charge in [0, 0.05) is 12.8 Å². The zero-order valence-corrected chi connectivity index (χ0v) is 43.9. The van der Waals surface area contributed by atoms with Crippen LogP contribution in [0, 0.1) is 0 Å².